The van der Waals surface area contributed by atoms with Crippen LogP contribution in [0.15, 0.2) is 100 Å². The Balaban J connectivity index is 1.25. The highest BCUT2D eigenvalue weighted by Crippen LogP contribution is 2.35. The smallest absolute Gasteiger partial charge is 0.264 e. The zero-order valence-corrected chi connectivity index (χ0v) is 20.1. The van der Waals surface area contributed by atoms with Gasteiger partial charge in [0.25, 0.3) is 17.7 Å². The molecule has 0 N–H and O–H groups in total. The van der Waals surface area contributed by atoms with Gasteiger partial charge in [-0.2, -0.15) is 10.2 Å². The molecule has 184 valence electrons. The Morgan fingerprint density at radius 1 is 0.892 bits per heavy atom. The maximum Gasteiger partial charge on any atom is 0.264 e. The molecule has 0 aromatic heterocycles. The number of carbonyl (C=O) groups is 3. The van der Waals surface area contributed by atoms with E-state index in [1.54, 1.807) is 12.1 Å². The Labute approximate surface area is 213 Å². The van der Waals surface area contributed by atoms with E-state index in [2.05, 4.69) is 15.4 Å². The van der Waals surface area contributed by atoms with Crippen molar-refractivity contribution in [3.05, 3.63) is 102 Å². The average Bonchev–Trinajstić information content (AvgIpc) is 3.61. The highest BCUT2D eigenvalue weighted by Gasteiger charge is 2.55. The number of benzene rings is 3. The van der Waals surface area contributed by atoms with E-state index in [0.717, 1.165) is 27.3 Å². The highest BCUT2D eigenvalue weighted by atomic mass is 16.2. The fraction of sp³-hybridized carbons (Fsp3) is 0.214. The highest BCUT2D eigenvalue weighted by molar-refractivity contribution is 6.25. The molecule has 9 nitrogen and oxygen atoms in total. The molecule has 3 aliphatic heterocycles. The number of hydrogen-bond acceptors (Lipinski definition) is 7. The topological polar surface area (TPSA) is 98.0 Å². The standard InChI is InChI=1S/C28H24N6O3/c1-18-12-14-21(15-13-18)33-27(36)25-26(28(33)37)32(31-29-25)17-24(35)34-23(20-10-6-3-7-11-20)16-22(30-34)19-8-4-2-5-9-19/h2-15,23,25-26H,16-17H2,1H3/t23-,25-,26-/m0/s1. The number of anilines is 1. The van der Waals surface area contributed by atoms with Gasteiger partial charge in [-0.25, -0.2) is 9.91 Å². The molecule has 3 atom stereocenters. The van der Waals surface area contributed by atoms with Crippen LogP contribution in [0.3, 0.4) is 0 Å². The quantitative estimate of drug-likeness (QED) is 0.508. The number of amides is 3. The van der Waals surface area contributed by atoms with E-state index in [9.17, 15) is 14.4 Å². The van der Waals surface area contributed by atoms with Gasteiger partial charge in [-0.1, -0.05) is 83.6 Å². The molecule has 3 aliphatic rings. The van der Waals surface area contributed by atoms with Crippen LogP contribution >= 0.6 is 0 Å². The Morgan fingerprint density at radius 2 is 1.57 bits per heavy atom. The monoisotopic (exact) mass is 492 g/mol. The Bertz CT molecular complexity index is 1420. The molecule has 9 heteroatoms. The summed E-state index contributed by atoms with van der Waals surface area (Å²) in [5, 5.41) is 15.6. The lowest BCUT2D eigenvalue weighted by Crippen LogP contribution is -2.44. The van der Waals surface area contributed by atoms with Crippen molar-refractivity contribution in [2.45, 2.75) is 31.5 Å². The third-order valence-electron chi connectivity index (χ3n) is 6.90. The lowest BCUT2D eigenvalue weighted by Gasteiger charge is -2.25. The van der Waals surface area contributed by atoms with Crippen LogP contribution < -0.4 is 4.90 Å². The van der Waals surface area contributed by atoms with E-state index in [1.165, 1.54) is 10.0 Å². The fourth-order valence-electron chi connectivity index (χ4n) is 4.99. The van der Waals surface area contributed by atoms with E-state index < -0.39 is 23.9 Å². The fourth-order valence-corrected chi connectivity index (χ4v) is 4.99. The molecule has 1 saturated heterocycles. The third kappa shape index (κ3) is 3.98. The molecule has 0 radical (unpaired) electrons. The van der Waals surface area contributed by atoms with Crippen molar-refractivity contribution in [2.75, 3.05) is 11.4 Å². The molecule has 0 bridgehead atoms. The van der Waals surface area contributed by atoms with Gasteiger partial charge in [-0.05, 0) is 30.2 Å². The first kappa shape index (κ1) is 22.8. The molecule has 3 amide bonds. The van der Waals surface area contributed by atoms with Crippen molar-refractivity contribution in [3.8, 4) is 0 Å². The Morgan fingerprint density at radius 3 is 2.27 bits per heavy atom. The largest absolute Gasteiger partial charge is 0.271 e. The number of hydrogen-bond donors (Lipinski definition) is 0. The molecule has 3 heterocycles. The molecule has 6 rings (SSSR count). The first-order chi connectivity index (χ1) is 18.0. The van der Waals surface area contributed by atoms with Crippen molar-refractivity contribution >= 4 is 29.1 Å². The maximum atomic E-state index is 13.6. The number of fused-ring (bicyclic) bond motifs is 1. The van der Waals surface area contributed by atoms with E-state index in [4.69, 9.17) is 0 Å². The summed E-state index contributed by atoms with van der Waals surface area (Å²) in [6.45, 7) is 1.71. The van der Waals surface area contributed by atoms with Crippen LogP contribution in [0.4, 0.5) is 5.69 Å². The van der Waals surface area contributed by atoms with Gasteiger partial charge in [0.05, 0.1) is 17.4 Å². The van der Waals surface area contributed by atoms with Crippen LogP contribution in [0.1, 0.15) is 29.2 Å². The van der Waals surface area contributed by atoms with Gasteiger partial charge in [0.2, 0.25) is 0 Å². The zero-order chi connectivity index (χ0) is 25.5. The van der Waals surface area contributed by atoms with Crippen molar-refractivity contribution in [3.63, 3.8) is 0 Å². The van der Waals surface area contributed by atoms with Crippen LogP contribution in [0.2, 0.25) is 0 Å². The minimum Gasteiger partial charge on any atom is -0.271 e. The molecule has 1 fully saturated rings. The summed E-state index contributed by atoms with van der Waals surface area (Å²) in [6, 6.07) is 24.4. The molecular formula is C28H24N6O3. The maximum absolute atomic E-state index is 13.6. The molecule has 0 unspecified atom stereocenters. The number of rotatable bonds is 5. The number of carbonyl (C=O) groups excluding carboxylic acids is 3. The zero-order valence-electron chi connectivity index (χ0n) is 20.1. The van der Waals surface area contributed by atoms with Gasteiger partial charge in [0.15, 0.2) is 12.1 Å². The van der Waals surface area contributed by atoms with Crippen LogP contribution in [-0.4, -0.2) is 52.1 Å². The third-order valence-corrected chi connectivity index (χ3v) is 6.90. The lowest BCUT2D eigenvalue weighted by molar-refractivity contribution is -0.135. The van der Waals surface area contributed by atoms with Gasteiger partial charge in [-0.15, -0.1) is 0 Å². The van der Waals surface area contributed by atoms with Gasteiger partial charge in [0.1, 0.15) is 6.54 Å². The molecular weight excluding hydrogens is 468 g/mol. The molecule has 0 spiro atoms. The minimum atomic E-state index is -0.964. The van der Waals surface area contributed by atoms with Crippen molar-refractivity contribution in [2.24, 2.45) is 15.4 Å². The Hall–Kier alpha value is -4.66. The van der Waals surface area contributed by atoms with Gasteiger partial charge < -0.3 is 0 Å². The average molecular weight is 493 g/mol. The summed E-state index contributed by atoms with van der Waals surface area (Å²) in [5.41, 5.74) is 4.22. The van der Waals surface area contributed by atoms with Crippen molar-refractivity contribution in [1.82, 2.24) is 10.0 Å². The summed E-state index contributed by atoms with van der Waals surface area (Å²) in [5.74, 6) is -1.20. The van der Waals surface area contributed by atoms with Gasteiger partial charge >= 0.3 is 0 Å². The van der Waals surface area contributed by atoms with Crippen molar-refractivity contribution in [1.29, 1.82) is 0 Å². The van der Waals surface area contributed by atoms with Gasteiger partial charge in [0, 0.05) is 6.42 Å². The predicted octanol–water partition coefficient (Wildman–Crippen LogP) is 3.67. The van der Waals surface area contributed by atoms with Crippen LogP contribution in [0.25, 0.3) is 0 Å². The normalized spacial score (nSPS) is 22.6. The predicted molar refractivity (Wildman–Crippen MR) is 136 cm³/mol. The van der Waals surface area contributed by atoms with Crippen LogP contribution in [0.5, 0.6) is 0 Å². The van der Waals surface area contributed by atoms with E-state index in [-0.39, 0.29) is 18.5 Å². The first-order valence-corrected chi connectivity index (χ1v) is 12.1. The van der Waals surface area contributed by atoms with E-state index in [1.807, 2.05) is 79.7 Å². The first-order valence-electron chi connectivity index (χ1n) is 12.1. The minimum absolute atomic E-state index is 0.222. The van der Waals surface area contributed by atoms with Crippen molar-refractivity contribution < 1.29 is 14.4 Å². The number of nitrogens with zero attached hydrogens (tertiary/aromatic N) is 6. The van der Waals surface area contributed by atoms with E-state index in [0.29, 0.717) is 12.1 Å². The van der Waals surface area contributed by atoms with E-state index >= 15 is 0 Å². The van der Waals surface area contributed by atoms with Crippen LogP contribution in [-0.2, 0) is 14.4 Å². The molecule has 3 aromatic rings. The number of aryl methyl sites for hydroxylation is 1. The molecule has 37 heavy (non-hydrogen) atoms. The molecule has 0 aliphatic carbocycles. The summed E-state index contributed by atoms with van der Waals surface area (Å²) in [7, 11) is 0. The SMILES string of the molecule is Cc1ccc(N2C(=O)[C@H]3N=NN(CC(=O)N4N=C(c5ccccc5)C[C@H]4c4ccccc4)[C@@H]3C2=O)cc1. The second-order valence-electron chi connectivity index (χ2n) is 9.32. The lowest BCUT2D eigenvalue weighted by atomic mass is 9.98. The number of imide groups is 1. The Kier molecular flexibility index (Phi) is 5.60. The summed E-state index contributed by atoms with van der Waals surface area (Å²) < 4.78 is 0. The van der Waals surface area contributed by atoms with Crippen LogP contribution in [0, 0.1) is 6.92 Å². The van der Waals surface area contributed by atoms with Gasteiger partial charge in [-0.3, -0.25) is 19.4 Å². The summed E-state index contributed by atoms with van der Waals surface area (Å²) in [4.78, 5) is 41.1. The molecule has 3 aromatic carbocycles. The summed E-state index contributed by atoms with van der Waals surface area (Å²) >= 11 is 0. The number of hydrazone groups is 1. The second-order valence-corrected chi connectivity index (χ2v) is 9.32. The second kappa shape index (κ2) is 9.09. The molecule has 0 saturated carbocycles. The summed E-state index contributed by atoms with van der Waals surface area (Å²) in [6.07, 6.45) is 0.561.